The summed E-state index contributed by atoms with van der Waals surface area (Å²) in [6, 6.07) is 1.00. The zero-order valence-corrected chi connectivity index (χ0v) is 11.2. The van der Waals surface area contributed by atoms with Crippen LogP contribution in [0.1, 0.15) is 35.3 Å². The molecular weight excluding hydrogens is 218 g/mol. The number of likely N-dealkylation sites (tertiary alicyclic amines) is 1. The third-order valence-electron chi connectivity index (χ3n) is 3.40. The quantitative estimate of drug-likeness (QED) is 0.859. The molecule has 16 heavy (non-hydrogen) atoms. The maximum absolute atomic E-state index is 5.98. The Hall–Kier alpha value is -0.450. The van der Waals surface area contributed by atoms with Crippen molar-refractivity contribution in [1.82, 2.24) is 9.88 Å². The lowest BCUT2D eigenvalue weighted by molar-refractivity contribution is 0.141. The second kappa shape index (κ2) is 4.82. The molecule has 1 saturated heterocycles. The van der Waals surface area contributed by atoms with Gasteiger partial charge in [0.2, 0.25) is 0 Å². The van der Waals surface area contributed by atoms with Gasteiger partial charge in [-0.2, -0.15) is 0 Å². The van der Waals surface area contributed by atoms with E-state index in [-0.39, 0.29) is 0 Å². The van der Waals surface area contributed by atoms with E-state index < -0.39 is 0 Å². The van der Waals surface area contributed by atoms with Gasteiger partial charge in [-0.3, -0.25) is 4.90 Å². The lowest BCUT2D eigenvalue weighted by Crippen LogP contribution is -2.44. The second-order valence-electron chi connectivity index (χ2n) is 4.85. The normalized spacial score (nSPS) is 27.2. The first-order valence-electron chi connectivity index (χ1n) is 5.99. The molecule has 1 aliphatic heterocycles. The fourth-order valence-corrected chi connectivity index (χ4v) is 3.36. The summed E-state index contributed by atoms with van der Waals surface area (Å²) in [5.74, 6) is 0. The first-order valence-corrected chi connectivity index (χ1v) is 6.80. The summed E-state index contributed by atoms with van der Waals surface area (Å²) in [5.41, 5.74) is 7.18. The lowest BCUT2D eigenvalue weighted by atomic mass is 9.99. The highest BCUT2D eigenvalue weighted by atomic mass is 32.1. The van der Waals surface area contributed by atoms with Crippen LogP contribution in [0.3, 0.4) is 0 Å². The molecule has 2 unspecified atom stereocenters. The molecule has 0 aliphatic carbocycles. The van der Waals surface area contributed by atoms with Gasteiger partial charge in [-0.1, -0.05) is 0 Å². The molecule has 1 aliphatic rings. The monoisotopic (exact) mass is 239 g/mol. The first-order chi connectivity index (χ1) is 7.56. The average molecular weight is 239 g/mol. The number of nitrogens with two attached hydrogens (primary N) is 1. The summed E-state index contributed by atoms with van der Waals surface area (Å²) in [6.07, 6.45) is 2.25. The number of aromatic nitrogens is 1. The predicted octanol–water partition coefficient (Wildman–Crippen LogP) is 2.07. The molecule has 90 valence electrons. The second-order valence-corrected chi connectivity index (χ2v) is 6.13. The number of thiazole rings is 1. The molecule has 2 rings (SSSR count). The van der Waals surface area contributed by atoms with Crippen molar-refractivity contribution in [3.8, 4) is 0 Å². The molecule has 4 heteroatoms. The average Bonchev–Trinajstić information content (AvgIpc) is 2.50. The SMILES string of the molecule is Cc1nc(C)c(CN2CCC(N)CC2C)s1. The van der Waals surface area contributed by atoms with Crippen LogP contribution in [0.4, 0.5) is 0 Å². The third-order valence-corrected chi connectivity index (χ3v) is 4.46. The van der Waals surface area contributed by atoms with Gasteiger partial charge in [0.25, 0.3) is 0 Å². The first kappa shape index (κ1) is 12.0. The summed E-state index contributed by atoms with van der Waals surface area (Å²) in [5, 5.41) is 1.17. The van der Waals surface area contributed by atoms with Crippen LogP contribution in [-0.4, -0.2) is 28.5 Å². The van der Waals surface area contributed by atoms with Crippen molar-refractivity contribution in [2.45, 2.75) is 52.2 Å². The number of hydrogen-bond acceptors (Lipinski definition) is 4. The van der Waals surface area contributed by atoms with Crippen molar-refractivity contribution in [3.05, 3.63) is 15.6 Å². The van der Waals surface area contributed by atoms with Crippen molar-refractivity contribution in [1.29, 1.82) is 0 Å². The molecule has 0 spiro atoms. The minimum Gasteiger partial charge on any atom is -0.328 e. The van der Waals surface area contributed by atoms with E-state index in [0.717, 1.165) is 25.9 Å². The maximum atomic E-state index is 5.98. The molecule has 2 atom stereocenters. The highest BCUT2D eigenvalue weighted by Crippen LogP contribution is 2.23. The predicted molar refractivity (Wildman–Crippen MR) is 68.7 cm³/mol. The van der Waals surface area contributed by atoms with Crippen LogP contribution >= 0.6 is 11.3 Å². The minimum atomic E-state index is 0.399. The van der Waals surface area contributed by atoms with E-state index >= 15 is 0 Å². The van der Waals surface area contributed by atoms with Crippen molar-refractivity contribution in [3.63, 3.8) is 0 Å². The standard InChI is InChI=1S/C12H21N3S/c1-8-6-11(13)4-5-15(8)7-12-9(2)14-10(3)16-12/h8,11H,4-7,13H2,1-3H3. The Kier molecular flexibility index (Phi) is 3.62. The zero-order chi connectivity index (χ0) is 11.7. The Bertz CT molecular complexity index is 361. The number of aryl methyl sites for hydroxylation is 2. The molecule has 1 aromatic heterocycles. The van der Waals surface area contributed by atoms with E-state index in [1.807, 2.05) is 11.3 Å². The highest BCUT2D eigenvalue weighted by Gasteiger charge is 2.24. The Labute approximate surface area is 102 Å². The Balaban J connectivity index is 2.02. The molecule has 0 radical (unpaired) electrons. The Morgan fingerprint density at radius 1 is 1.50 bits per heavy atom. The van der Waals surface area contributed by atoms with Gasteiger partial charge in [-0.25, -0.2) is 4.98 Å². The minimum absolute atomic E-state index is 0.399. The van der Waals surface area contributed by atoms with E-state index in [1.54, 1.807) is 0 Å². The molecule has 2 heterocycles. The summed E-state index contributed by atoms with van der Waals surface area (Å²) in [7, 11) is 0. The van der Waals surface area contributed by atoms with Crippen LogP contribution in [0, 0.1) is 13.8 Å². The van der Waals surface area contributed by atoms with Crippen LogP contribution in [0.2, 0.25) is 0 Å². The molecule has 0 saturated carbocycles. The summed E-state index contributed by atoms with van der Waals surface area (Å²) in [6.45, 7) is 8.64. The van der Waals surface area contributed by atoms with Gasteiger partial charge in [0, 0.05) is 30.1 Å². The van der Waals surface area contributed by atoms with Crippen LogP contribution in [0.5, 0.6) is 0 Å². The topological polar surface area (TPSA) is 42.2 Å². The molecule has 3 nitrogen and oxygen atoms in total. The zero-order valence-electron chi connectivity index (χ0n) is 10.4. The van der Waals surface area contributed by atoms with Gasteiger partial charge >= 0.3 is 0 Å². The number of rotatable bonds is 2. The van der Waals surface area contributed by atoms with Gasteiger partial charge in [-0.05, 0) is 33.6 Å². The van der Waals surface area contributed by atoms with Crippen molar-refractivity contribution in [2.75, 3.05) is 6.54 Å². The smallest absolute Gasteiger partial charge is 0.0900 e. The highest BCUT2D eigenvalue weighted by molar-refractivity contribution is 7.11. The Morgan fingerprint density at radius 3 is 2.81 bits per heavy atom. The van der Waals surface area contributed by atoms with E-state index in [0.29, 0.717) is 12.1 Å². The van der Waals surface area contributed by atoms with Gasteiger partial charge in [0.05, 0.1) is 10.7 Å². The largest absolute Gasteiger partial charge is 0.328 e. The van der Waals surface area contributed by atoms with Crippen molar-refractivity contribution >= 4 is 11.3 Å². The van der Waals surface area contributed by atoms with Crippen LogP contribution in [0.25, 0.3) is 0 Å². The molecule has 2 N–H and O–H groups in total. The molecular formula is C12H21N3S. The molecule has 1 fully saturated rings. The van der Waals surface area contributed by atoms with Crippen LogP contribution in [0.15, 0.2) is 0 Å². The third kappa shape index (κ3) is 2.62. The summed E-state index contributed by atoms with van der Waals surface area (Å²) in [4.78, 5) is 8.43. The lowest BCUT2D eigenvalue weighted by Gasteiger charge is -2.36. The summed E-state index contributed by atoms with van der Waals surface area (Å²) < 4.78 is 0. The fraction of sp³-hybridized carbons (Fsp3) is 0.750. The fourth-order valence-electron chi connectivity index (χ4n) is 2.40. The van der Waals surface area contributed by atoms with Gasteiger partial charge in [0.1, 0.15) is 0 Å². The Morgan fingerprint density at radius 2 is 2.25 bits per heavy atom. The number of hydrogen-bond donors (Lipinski definition) is 1. The van der Waals surface area contributed by atoms with E-state index in [9.17, 15) is 0 Å². The number of nitrogens with zero attached hydrogens (tertiary/aromatic N) is 2. The van der Waals surface area contributed by atoms with Crippen LogP contribution in [-0.2, 0) is 6.54 Å². The van der Waals surface area contributed by atoms with Gasteiger partial charge in [-0.15, -0.1) is 11.3 Å². The van der Waals surface area contributed by atoms with Crippen molar-refractivity contribution in [2.24, 2.45) is 5.73 Å². The molecule has 0 aromatic carbocycles. The van der Waals surface area contributed by atoms with E-state index in [2.05, 4.69) is 30.7 Å². The molecule has 1 aromatic rings. The van der Waals surface area contributed by atoms with Crippen LogP contribution < -0.4 is 5.73 Å². The number of piperidine rings is 1. The van der Waals surface area contributed by atoms with E-state index in [1.165, 1.54) is 15.6 Å². The van der Waals surface area contributed by atoms with Crippen molar-refractivity contribution < 1.29 is 0 Å². The maximum Gasteiger partial charge on any atom is 0.0900 e. The van der Waals surface area contributed by atoms with E-state index in [4.69, 9.17) is 5.73 Å². The molecule has 0 bridgehead atoms. The van der Waals surface area contributed by atoms with Gasteiger partial charge < -0.3 is 5.73 Å². The van der Waals surface area contributed by atoms with Gasteiger partial charge in [0.15, 0.2) is 0 Å². The summed E-state index contributed by atoms with van der Waals surface area (Å²) >= 11 is 1.83. The molecule has 0 amide bonds.